The molecule has 6 heteroatoms. The summed E-state index contributed by atoms with van der Waals surface area (Å²) in [5.74, 6) is 0.574. The third kappa shape index (κ3) is 1.81. The Hall–Kier alpha value is -1.46. The van der Waals surface area contributed by atoms with Gasteiger partial charge < -0.3 is 0 Å². The molecule has 0 radical (unpaired) electrons. The lowest BCUT2D eigenvalue weighted by Crippen LogP contribution is -1.92. The first kappa shape index (κ1) is 10.7. The van der Waals surface area contributed by atoms with Crippen molar-refractivity contribution < 1.29 is 0 Å². The number of halogens is 1. The second-order valence-electron chi connectivity index (χ2n) is 3.79. The van der Waals surface area contributed by atoms with Gasteiger partial charge in [0.25, 0.3) is 0 Å². The number of aryl methyl sites for hydroxylation is 2. The third-order valence-electron chi connectivity index (χ3n) is 2.41. The number of nitrogens with zero attached hydrogens (tertiary/aromatic N) is 4. The fraction of sp³-hybridized carbons (Fsp3) is 0.182. The SMILES string of the molecule is Cc1cc2c(Cl)nc(-c3ccn(C)n3)nc2s1. The Morgan fingerprint density at radius 3 is 2.88 bits per heavy atom. The van der Waals surface area contributed by atoms with Gasteiger partial charge >= 0.3 is 0 Å². The highest BCUT2D eigenvalue weighted by Crippen LogP contribution is 2.30. The van der Waals surface area contributed by atoms with Crippen LogP contribution in [0.1, 0.15) is 4.88 Å². The van der Waals surface area contributed by atoms with Crippen LogP contribution in [0.2, 0.25) is 5.15 Å². The summed E-state index contributed by atoms with van der Waals surface area (Å²) in [7, 11) is 1.86. The summed E-state index contributed by atoms with van der Waals surface area (Å²) < 4.78 is 1.72. The number of thiophene rings is 1. The lowest BCUT2D eigenvalue weighted by atomic mass is 10.3. The average molecular weight is 265 g/mol. The molecule has 0 amide bonds. The smallest absolute Gasteiger partial charge is 0.182 e. The summed E-state index contributed by atoms with van der Waals surface area (Å²) in [6, 6.07) is 3.88. The Labute approximate surface area is 107 Å². The molecule has 0 atom stereocenters. The maximum Gasteiger partial charge on any atom is 0.182 e. The zero-order valence-electron chi connectivity index (χ0n) is 9.31. The minimum atomic E-state index is 0.486. The predicted octanol–water partition coefficient (Wildman–Crippen LogP) is 3.05. The van der Waals surface area contributed by atoms with Crippen molar-refractivity contribution in [2.24, 2.45) is 7.05 Å². The summed E-state index contributed by atoms with van der Waals surface area (Å²) in [5.41, 5.74) is 0.738. The van der Waals surface area contributed by atoms with Gasteiger partial charge in [-0.25, -0.2) is 9.97 Å². The van der Waals surface area contributed by atoms with E-state index in [1.807, 2.05) is 32.3 Å². The van der Waals surface area contributed by atoms with E-state index in [9.17, 15) is 0 Å². The molecule has 0 saturated heterocycles. The topological polar surface area (TPSA) is 43.6 Å². The summed E-state index contributed by atoms with van der Waals surface area (Å²) in [6.45, 7) is 2.03. The Kier molecular flexibility index (Phi) is 2.38. The maximum absolute atomic E-state index is 6.15. The fourth-order valence-electron chi connectivity index (χ4n) is 1.66. The van der Waals surface area contributed by atoms with Crippen LogP contribution in [0, 0.1) is 6.92 Å². The highest BCUT2D eigenvalue weighted by molar-refractivity contribution is 7.18. The van der Waals surface area contributed by atoms with Crippen LogP contribution in [-0.4, -0.2) is 19.7 Å². The first-order valence-electron chi connectivity index (χ1n) is 5.07. The zero-order valence-corrected chi connectivity index (χ0v) is 10.9. The lowest BCUT2D eigenvalue weighted by Gasteiger charge is -1.97. The van der Waals surface area contributed by atoms with Crippen LogP contribution in [0.15, 0.2) is 18.3 Å². The van der Waals surface area contributed by atoms with Crippen molar-refractivity contribution in [3.05, 3.63) is 28.4 Å². The van der Waals surface area contributed by atoms with Crippen molar-refractivity contribution in [2.75, 3.05) is 0 Å². The van der Waals surface area contributed by atoms with Gasteiger partial charge in [-0.15, -0.1) is 11.3 Å². The summed E-state index contributed by atoms with van der Waals surface area (Å²) >= 11 is 7.76. The van der Waals surface area contributed by atoms with Crippen LogP contribution in [0.25, 0.3) is 21.7 Å². The van der Waals surface area contributed by atoms with Gasteiger partial charge in [-0.2, -0.15) is 5.10 Å². The Bertz CT molecular complexity index is 701. The number of hydrogen-bond acceptors (Lipinski definition) is 4. The second kappa shape index (κ2) is 3.78. The minimum absolute atomic E-state index is 0.486. The maximum atomic E-state index is 6.15. The number of rotatable bonds is 1. The molecule has 3 aromatic heterocycles. The highest BCUT2D eigenvalue weighted by atomic mass is 35.5. The second-order valence-corrected chi connectivity index (χ2v) is 5.38. The van der Waals surface area contributed by atoms with Crippen LogP contribution in [-0.2, 0) is 7.05 Å². The molecule has 0 spiro atoms. The molecule has 4 nitrogen and oxygen atoms in total. The molecule has 0 saturated carbocycles. The molecule has 3 rings (SSSR count). The van der Waals surface area contributed by atoms with Crippen LogP contribution in [0.3, 0.4) is 0 Å². The molecule has 0 aliphatic rings. The molecule has 0 aliphatic carbocycles. The van der Waals surface area contributed by atoms with Crippen molar-refractivity contribution in [3.8, 4) is 11.5 Å². The Balaban J connectivity index is 2.24. The zero-order chi connectivity index (χ0) is 12.0. The van der Waals surface area contributed by atoms with Crippen LogP contribution < -0.4 is 0 Å². The highest BCUT2D eigenvalue weighted by Gasteiger charge is 2.11. The largest absolute Gasteiger partial charge is 0.275 e. The van der Waals surface area contributed by atoms with Crippen molar-refractivity contribution in [2.45, 2.75) is 6.92 Å². The van der Waals surface area contributed by atoms with Crippen LogP contribution in [0.4, 0.5) is 0 Å². The summed E-state index contributed by atoms with van der Waals surface area (Å²) in [6.07, 6.45) is 1.86. The van der Waals surface area contributed by atoms with E-state index in [1.54, 1.807) is 16.0 Å². The van der Waals surface area contributed by atoms with Gasteiger partial charge in [-0.3, -0.25) is 4.68 Å². The van der Waals surface area contributed by atoms with E-state index >= 15 is 0 Å². The van der Waals surface area contributed by atoms with Gasteiger partial charge in [-0.05, 0) is 19.1 Å². The van der Waals surface area contributed by atoms with Gasteiger partial charge in [0.15, 0.2) is 5.82 Å². The van der Waals surface area contributed by atoms with E-state index in [0.29, 0.717) is 11.0 Å². The number of fused-ring (bicyclic) bond motifs is 1. The third-order valence-corrected chi connectivity index (χ3v) is 3.64. The van der Waals surface area contributed by atoms with Gasteiger partial charge in [0.2, 0.25) is 0 Å². The number of aromatic nitrogens is 4. The number of hydrogen-bond donors (Lipinski definition) is 0. The monoisotopic (exact) mass is 264 g/mol. The molecule has 86 valence electrons. The van der Waals surface area contributed by atoms with E-state index in [2.05, 4.69) is 15.1 Å². The molecule has 0 unspecified atom stereocenters. The van der Waals surface area contributed by atoms with E-state index in [1.165, 1.54) is 4.88 Å². The molecule has 3 heterocycles. The van der Waals surface area contributed by atoms with Crippen molar-refractivity contribution in [1.29, 1.82) is 0 Å². The summed E-state index contributed by atoms with van der Waals surface area (Å²) in [4.78, 5) is 10.9. The van der Waals surface area contributed by atoms with E-state index in [0.717, 1.165) is 15.9 Å². The molecule has 0 aromatic carbocycles. The first-order chi connectivity index (χ1) is 8.13. The quantitative estimate of drug-likeness (QED) is 0.635. The van der Waals surface area contributed by atoms with Crippen molar-refractivity contribution in [1.82, 2.24) is 19.7 Å². The first-order valence-corrected chi connectivity index (χ1v) is 6.26. The van der Waals surface area contributed by atoms with Crippen molar-refractivity contribution in [3.63, 3.8) is 0 Å². The molecule has 0 N–H and O–H groups in total. The molecule has 0 aliphatic heterocycles. The van der Waals surface area contributed by atoms with Gasteiger partial charge in [0, 0.05) is 23.5 Å². The van der Waals surface area contributed by atoms with E-state index in [-0.39, 0.29) is 0 Å². The van der Waals surface area contributed by atoms with E-state index < -0.39 is 0 Å². The standard InChI is InChI=1S/C11H9ClN4S/c1-6-5-7-9(12)13-10(14-11(7)17-6)8-3-4-16(2)15-8/h3-5H,1-2H3. The van der Waals surface area contributed by atoms with Crippen LogP contribution in [0.5, 0.6) is 0 Å². The van der Waals surface area contributed by atoms with E-state index in [4.69, 9.17) is 11.6 Å². The van der Waals surface area contributed by atoms with Gasteiger partial charge in [-0.1, -0.05) is 11.6 Å². The minimum Gasteiger partial charge on any atom is -0.275 e. The average Bonchev–Trinajstić information content (AvgIpc) is 2.83. The molecule has 0 bridgehead atoms. The Morgan fingerprint density at radius 1 is 1.35 bits per heavy atom. The molecule has 3 aromatic rings. The lowest BCUT2D eigenvalue weighted by molar-refractivity contribution is 0.769. The van der Waals surface area contributed by atoms with Gasteiger partial charge in [0.05, 0.1) is 0 Å². The fourth-order valence-corrected chi connectivity index (χ4v) is 2.82. The molecule has 17 heavy (non-hydrogen) atoms. The van der Waals surface area contributed by atoms with Crippen LogP contribution >= 0.6 is 22.9 Å². The van der Waals surface area contributed by atoms with Gasteiger partial charge in [0.1, 0.15) is 15.7 Å². The van der Waals surface area contributed by atoms with Crippen molar-refractivity contribution >= 4 is 33.2 Å². The molecular formula is C11H9ClN4S. The molecular weight excluding hydrogens is 256 g/mol. The Morgan fingerprint density at radius 2 is 2.18 bits per heavy atom. The molecule has 0 fully saturated rings. The predicted molar refractivity (Wildman–Crippen MR) is 69.4 cm³/mol. The summed E-state index contributed by atoms with van der Waals surface area (Å²) in [5, 5.41) is 5.67. The normalized spacial score (nSPS) is 11.2.